The van der Waals surface area contributed by atoms with Crippen molar-refractivity contribution in [2.45, 2.75) is 31.7 Å². The molecule has 0 aliphatic carbocycles. The van der Waals surface area contributed by atoms with Gasteiger partial charge in [0.05, 0.1) is 17.5 Å². The summed E-state index contributed by atoms with van der Waals surface area (Å²) in [5.41, 5.74) is 1.13. The van der Waals surface area contributed by atoms with Gasteiger partial charge in [0, 0.05) is 19.4 Å². The van der Waals surface area contributed by atoms with Crippen molar-refractivity contribution in [2.24, 2.45) is 5.10 Å². The summed E-state index contributed by atoms with van der Waals surface area (Å²) in [4.78, 5) is 24.4. The third-order valence-corrected chi connectivity index (χ3v) is 6.24. The first kappa shape index (κ1) is 18.4. The van der Waals surface area contributed by atoms with Gasteiger partial charge < -0.3 is 10.4 Å². The Balaban J connectivity index is 1.59. The number of hydrazone groups is 1. The minimum Gasteiger partial charge on any atom is -0.508 e. The van der Waals surface area contributed by atoms with E-state index in [1.165, 1.54) is 5.01 Å². The number of carbonyl (C=O) groups is 2. The second-order valence-electron chi connectivity index (χ2n) is 6.52. The number of carbonyl (C=O) groups excluding carboxylic acids is 2. The Morgan fingerprint density at radius 3 is 2.85 bits per heavy atom. The molecule has 1 aromatic carbocycles. The molecule has 2 amide bonds. The molecule has 1 atom stereocenters. The number of hydrogen-bond donors (Lipinski definition) is 2. The Kier molecular flexibility index (Phi) is 5.26. The summed E-state index contributed by atoms with van der Waals surface area (Å²) >= 11 is 0. The van der Waals surface area contributed by atoms with Crippen LogP contribution in [-0.4, -0.2) is 60.2 Å². The van der Waals surface area contributed by atoms with E-state index in [-0.39, 0.29) is 47.6 Å². The van der Waals surface area contributed by atoms with Gasteiger partial charge in [0.15, 0.2) is 9.84 Å². The Morgan fingerprint density at radius 2 is 2.15 bits per heavy atom. The van der Waals surface area contributed by atoms with E-state index < -0.39 is 15.9 Å². The van der Waals surface area contributed by atoms with E-state index in [0.717, 1.165) is 5.56 Å². The lowest BCUT2D eigenvalue weighted by molar-refractivity contribution is -0.133. The summed E-state index contributed by atoms with van der Waals surface area (Å²) in [6.07, 6.45) is 1.29. The molecule has 2 aliphatic heterocycles. The smallest absolute Gasteiger partial charge is 0.267 e. The van der Waals surface area contributed by atoms with Crippen molar-refractivity contribution in [1.82, 2.24) is 10.3 Å². The monoisotopic (exact) mass is 379 g/mol. The summed E-state index contributed by atoms with van der Waals surface area (Å²) in [7, 11) is -3.14. The van der Waals surface area contributed by atoms with Crippen molar-refractivity contribution in [3.63, 3.8) is 0 Å². The fraction of sp³-hybridized carbons (Fsp3) is 0.471. The minimum atomic E-state index is -3.14. The predicted octanol–water partition coefficient (Wildman–Crippen LogP) is 0.216. The summed E-state index contributed by atoms with van der Waals surface area (Å²) in [6, 6.07) is 6.31. The van der Waals surface area contributed by atoms with Crippen molar-refractivity contribution in [2.75, 3.05) is 18.1 Å². The quantitative estimate of drug-likeness (QED) is 0.759. The van der Waals surface area contributed by atoms with Gasteiger partial charge in [0.1, 0.15) is 11.5 Å². The van der Waals surface area contributed by atoms with Gasteiger partial charge >= 0.3 is 0 Å². The molecule has 0 aromatic heterocycles. The van der Waals surface area contributed by atoms with Crippen LogP contribution >= 0.6 is 0 Å². The van der Waals surface area contributed by atoms with Crippen LogP contribution in [0, 0.1) is 0 Å². The lowest BCUT2D eigenvalue weighted by Gasteiger charge is -2.27. The van der Waals surface area contributed by atoms with Crippen molar-refractivity contribution in [3.8, 4) is 5.75 Å². The molecular formula is C17H21N3O5S. The van der Waals surface area contributed by atoms with Gasteiger partial charge in [0.2, 0.25) is 5.91 Å². The number of nitrogens with one attached hydrogen (secondary N) is 1. The maximum Gasteiger partial charge on any atom is 0.267 e. The highest BCUT2D eigenvalue weighted by molar-refractivity contribution is 7.91. The van der Waals surface area contributed by atoms with Gasteiger partial charge in [-0.1, -0.05) is 12.1 Å². The Morgan fingerprint density at radius 1 is 1.35 bits per heavy atom. The molecule has 1 fully saturated rings. The van der Waals surface area contributed by atoms with Gasteiger partial charge in [-0.3, -0.25) is 9.59 Å². The van der Waals surface area contributed by atoms with Crippen LogP contribution < -0.4 is 5.32 Å². The third-order valence-electron chi connectivity index (χ3n) is 4.49. The maximum absolute atomic E-state index is 12.3. The van der Waals surface area contributed by atoms with E-state index in [4.69, 9.17) is 0 Å². The summed E-state index contributed by atoms with van der Waals surface area (Å²) in [5, 5.41) is 17.5. The standard InChI is InChI=1S/C17H21N3O5S/c21-14-3-1-2-12(10-14)6-8-18-17(23)15-4-5-16(22)20(19-15)13-7-9-26(24,25)11-13/h1-3,10,13,21H,4-9,11H2,(H,18,23)/t13-/m1/s1. The molecule has 2 aliphatic rings. The minimum absolute atomic E-state index is 0.0441. The SMILES string of the molecule is O=C(NCCc1cccc(O)c1)C1=NN([C@@H]2CCS(=O)(=O)C2)C(=O)CC1. The van der Waals surface area contributed by atoms with Crippen LogP contribution in [0.25, 0.3) is 0 Å². The summed E-state index contributed by atoms with van der Waals surface area (Å²) in [5.74, 6) is -0.491. The maximum atomic E-state index is 12.3. The second-order valence-corrected chi connectivity index (χ2v) is 8.75. The molecule has 0 unspecified atom stereocenters. The fourth-order valence-corrected chi connectivity index (χ4v) is 4.81. The van der Waals surface area contributed by atoms with Crippen molar-refractivity contribution < 1.29 is 23.1 Å². The van der Waals surface area contributed by atoms with Crippen LogP contribution in [0.4, 0.5) is 0 Å². The average molecular weight is 379 g/mol. The van der Waals surface area contributed by atoms with Crippen LogP contribution in [0.15, 0.2) is 29.4 Å². The molecule has 8 nitrogen and oxygen atoms in total. The van der Waals surface area contributed by atoms with E-state index in [9.17, 15) is 23.1 Å². The van der Waals surface area contributed by atoms with Crippen LogP contribution in [-0.2, 0) is 25.8 Å². The van der Waals surface area contributed by atoms with Gasteiger partial charge in [-0.2, -0.15) is 5.10 Å². The zero-order chi connectivity index (χ0) is 18.7. The van der Waals surface area contributed by atoms with E-state index in [1.54, 1.807) is 18.2 Å². The third kappa shape index (κ3) is 4.40. The van der Waals surface area contributed by atoms with Crippen LogP contribution in [0.3, 0.4) is 0 Å². The summed E-state index contributed by atoms with van der Waals surface area (Å²) in [6.45, 7) is 0.368. The zero-order valence-electron chi connectivity index (χ0n) is 14.2. The Hall–Kier alpha value is -2.42. The van der Waals surface area contributed by atoms with Gasteiger partial charge in [-0.05, 0) is 30.5 Å². The molecule has 0 saturated carbocycles. The molecule has 0 radical (unpaired) electrons. The average Bonchev–Trinajstić information content (AvgIpc) is 2.95. The molecule has 1 aromatic rings. The molecule has 0 bridgehead atoms. The predicted molar refractivity (Wildman–Crippen MR) is 95.4 cm³/mol. The fourth-order valence-electron chi connectivity index (χ4n) is 3.12. The molecule has 3 rings (SSSR count). The van der Waals surface area contributed by atoms with E-state index >= 15 is 0 Å². The molecule has 2 N–H and O–H groups in total. The van der Waals surface area contributed by atoms with Gasteiger partial charge in [-0.15, -0.1) is 0 Å². The highest BCUT2D eigenvalue weighted by Gasteiger charge is 2.37. The molecule has 140 valence electrons. The number of phenolic OH excluding ortho intramolecular Hbond substituents is 1. The Labute approximate surface area is 151 Å². The number of phenols is 1. The number of aromatic hydroxyl groups is 1. The molecule has 26 heavy (non-hydrogen) atoms. The number of hydrogen-bond acceptors (Lipinski definition) is 6. The largest absolute Gasteiger partial charge is 0.508 e. The van der Waals surface area contributed by atoms with Crippen molar-refractivity contribution in [1.29, 1.82) is 0 Å². The van der Waals surface area contributed by atoms with E-state index in [2.05, 4.69) is 10.4 Å². The first-order valence-electron chi connectivity index (χ1n) is 8.50. The zero-order valence-corrected chi connectivity index (χ0v) is 15.0. The highest BCUT2D eigenvalue weighted by atomic mass is 32.2. The van der Waals surface area contributed by atoms with Crippen molar-refractivity contribution >= 4 is 27.4 Å². The van der Waals surface area contributed by atoms with Gasteiger partial charge in [0.25, 0.3) is 5.91 Å². The number of rotatable bonds is 5. The second kappa shape index (κ2) is 7.45. The Bertz CT molecular complexity index is 850. The highest BCUT2D eigenvalue weighted by Crippen LogP contribution is 2.22. The molecule has 9 heteroatoms. The van der Waals surface area contributed by atoms with Crippen LogP contribution in [0.5, 0.6) is 5.75 Å². The molecular weight excluding hydrogens is 358 g/mol. The molecule has 2 heterocycles. The molecule has 1 saturated heterocycles. The van der Waals surface area contributed by atoms with E-state index in [1.807, 2.05) is 6.07 Å². The summed E-state index contributed by atoms with van der Waals surface area (Å²) < 4.78 is 23.2. The number of benzene rings is 1. The van der Waals surface area contributed by atoms with Crippen LogP contribution in [0.2, 0.25) is 0 Å². The normalized spacial score (nSPS) is 22.2. The topological polar surface area (TPSA) is 116 Å². The van der Waals surface area contributed by atoms with Crippen LogP contribution in [0.1, 0.15) is 24.8 Å². The van der Waals surface area contributed by atoms with Crippen molar-refractivity contribution in [3.05, 3.63) is 29.8 Å². The lowest BCUT2D eigenvalue weighted by Crippen LogP contribution is -2.44. The van der Waals surface area contributed by atoms with Gasteiger partial charge in [-0.25, -0.2) is 13.4 Å². The lowest BCUT2D eigenvalue weighted by atomic mass is 10.1. The van der Waals surface area contributed by atoms with E-state index in [0.29, 0.717) is 19.4 Å². The number of nitrogens with zero attached hydrogens (tertiary/aromatic N) is 2. The first-order chi connectivity index (χ1) is 12.3. The number of amides is 2. The number of sulfone groups is 1. The first-order valence-corrected chi connectivity index (χ1v) is 10.3. The molecule has 0 spiro atoms.